The van der Waals surface area contributed by atoms with Crippen molar-refractivity contribution in [2.75, 3.05) is 12.4 Å². The Kier molecular flexibility index (Phi) is 9.39. The first-order valence-electron chi connectivity index (χ1n) is 9.75. The molecule has 7 nitrogen and oxygen atoms in total. The van der Waals surface area contributed by atoms with Crippen molar-refractivity contribution in [3.8, 4) is 5.75 Å². The quantitative estimate of drug-likeness (QED) is 0.296. The van der Waals surface area contributed by atoms with Crippen LogP contribution in [0, 0.1) is 0 Å². The number of carbonyl (C=O) groups is 2. The summed E-state index contributed by atoms with van der Waals surface area (Å²) in [4.78, 5) is 23.7. The molecule has 32 heavy (non-hydrogen) atoms. The van der Waals surface area contributed by atoms with Crippen molar-refractivity contribution in [2.24, 2.45) is 5.10 Å². The van der Waals surface area contributed by atoms with E-state index in [2.05, 4.69) is 31.8 Å². The van der Waals surface area contributed by atoms with Crippen molar-refractivity contribution < 1.29 is 18.7 Å². The molecule has 2 aromatic carbocycles. The Hall–Kier alpha value is -3.04. The second-order valence-corrected chi connectivity index (χ2v) is 8.43. The van der Waals surface area contributed by atoms with Crippen LogP contribution in [0.15, 0.2) is 80.9 Å². The van der Waals surface area contributed by atoms with Gasteiger partial charge in [-0.25, -0.2) is 5.43 Å². The van der Waals surface area contributed by atoms with Crippen LogP contribution in [0.3, 0.4) is 0 Å². The van der Waals surface area contributed by atoms with Gasteiger partial charge in [0.25, 0.3) is 5.91 Å². The second kappa shape index (κ2) is 12.7. The summed E-state index contributed by atoms with van der Waals surface area (Å²) in [6.45, 7) is 0.222. The summed E-state index contributed by atoms with van der Waals surface area (Å²) in [6, 6.07) is 18.5. The SMILES string of the molecule is O=C(COc1ccc(/C=N\NC(=O)CSCc2ccccc2Br)cc1)NCc1ccco1. The molecule has 0 aliphatic heterocycles. The normalized spacial score (nSPS) is 10.8. The molecule has 1 heterocycles. The van der Waals surface area contributed by atoms with Crippen LogP contribution in [0.1, 0.15) is 16.9 Å². The minimum absolute atomic E-state index is 0.0958. The predicted molar refractivity (Wildman–Crippen MR) is 129 cm³/mol. The van der Waals surface area contributed by atoms with Gasteiger partial charge in [0, 0.05) is 10.2 Å². The largest absolute Gasteiger partial charge is 0.484 e. The molecule has 2 amide bonds. The maximum atomic E-state index is 11.9. The Morgan fingerprint density at radius 3 is 2.62 bits per heavy atom. The number of benzene rings is 2. The van der Waals surface area contributed by atoms with Crippen LogP contribution in [-0.4, -0.2) is 30.4 Å². The van der Waals surface area contributed by atoms with E-state index in [-0.39, 0.29) is 18.4 Å². The van der Waals surface area contributed by atoms with Gasteiger partial charge < -0.3 is 14.5 Å². The molecule has 166 valence electrons. The van der Waals surface area contributed by atoms with Gasteiger partial charge >= 0.3 is 0 Å². The molecule has 1 aromatic heterocycles. The van der Waals surface area contributed by atoms with Crippen molar-refractivity contribution in [2.45, 2.75) is 12.3 Å². The van der Waals surface area contributed by atoms with E-state index < -0.39 is 0 Å². The molecular weight excluding hydrogens is 494 g/mol. The number of amides is 2. The Bertz CT molecular complexity index is 1040. The highest BCUT2D eigenvalue weighted by molar-refractivity contribution is 9.10. The number of nitrogens with zero attached hydrogens (tertiary/aromatic N) is 1. The van der Waals surface area contributed by atoms with E-state index in [1.807, 2.05) is 24.3 Å². The Morgan fingerprint density at radius 2 is 1.88 bits per heavy atom. The van der Waals surface area contributed by atoms with E-state index in [4.69, 9.17) is 9.15 Å². The van der Waals surface area contributed by atoms with Gasteiger partial charge in [0.05, 0.1) is 24.8 Å². The minimum Gasteiger partial charge on any atom is -0.484 e. The van der Waals surface area contributed by atoms with Crippen molar-refractivity contribution >= 4 is 45.7 Å². The highest BCUT2D eigenvalue weighted by atomic mass is 79.9. The number of hydrogen-bond acceptors (Lipinski definition) is 6. The van der Waals surface area contributed by atoms with E-state index in [1.165, 1.54) is 11.8 Å². The molecule has 0 atom stereocenters. The number of halogens is 1. The lowest BCUT2D eigenvalue weighted by molar-refractivity contribution is -0.123. The van der Waals surface area contributed by atoms with Gasteiger partial charge in [0.2, 0.25) is 5.91 Å². The first-order chi connectivity index (χ1) is 15.6. The number of thioether (sulfide) groups is 1. The van der Waals surface area contributed by atoms with Crippen molar-refractivity contribution in [3.05, 3.63) is 88.3 Å². The number of hydrogen-bond donors (Lipinski definition) is 2. The molecule has 3 aromatic rings. The zero-order chi connectivity index (χ0) is 22.6. The van der Waals surface area contributed by atoms with Gasteiger partial charge in [-0.1, -0.05) is 34.1 Å². The molecule has 9 heteroatoms. The molecule has 0 spiro atoms. The zero-order valence-electron chi connectivity index (χ0n) is 17.1. The lowest BCUT2D eigenvalue weighted by atomic mass is 10.2. The number of nitrogens with one attached hydrogen (secondary N) is 2. The smallest absolute Gasteiger partial charge is 0.258 e. The molecule has 0 fully saturated rings. The summed E-state index contributed by atoms with van der Waals surface area (Å²) in [6.07, 6.45) is 3.11. The van der Waals surface area contributed by atoms with Gasteiger partial charge in [-0.3, -0.25) is 9.59 Å². The van der Waals surface area contributed by atoms with Gasteiger partial charge in [-0.05, 0) is 53.6 Å². The molecular formula is C23H22BrN3O4S. The van der Waals surface area contributed by atoms with Crippen LogP contribution < -0.4 is 15.5 Å². The highest BCUT2D eigenvalue weighted by Crippen LogP contribution is 2.21. The first kappa shape index (κ1) is 23.6. The fourth-order valence-electron chi connectivity index (χ4n) is 2.53. The molecule has 3 rings (SSSR count). The predicted octanol–water partition coefficient (Wildman–Crippen LogP) is 4.12. The molecule has 0 saturated heterocycles. The van der Waals surface area contributed by atoms with E-state index in [0.29, 0.717) is 23.8 Å². The minimum atomic E-state index is -0.243. The van der Waals surface area contributed by atoms with Gasteiger partial charge in [0.1, 0.15) is 11.5 Å². The fraction of sp³-hybridized carbons (Fsp3) is 0.174. The molecule has 0 saturated carbocycles. The van der Waals surface area contributed by atoms with Gasteiger partial charge in [0.15, 0.2) is 6.61 Å². The monoisotopic (exact) mass is 515 g/mol. The fourth-order valence-corrected chi connectivity index (χ4v) is 3.96. The number of carbonyl (C=O) groups excluding carboxylic acids is 2. The maximum Gasteiger partial charge on any atom is 0.258 e. The number of ether oxygens (including phenoxy) is 1. The van der Waals surface area contributed by atoms with E-state index in [1.54, 1.807) is 48.9 Å². The van der Waals surface area contributed by atoms with Crippen LogP contribution in [0.5, 0.6) is 5.75 Å². The number of furan rings is 1. The summed E-state index contributed by atoms with van der Waals surface area (Å²) in [5, 5.41) is 6.68. The average molecular weight is 516 g/mol. The summed E-state index contributed by atoms with van der Waals surface area (Å²) < 4.78 is 11.6. The zero-order valence-corrected chi connectivity index (χ0v) is 19.5. The third kappa shape index (κ3) is 8.24. The number of hydrazone groups is 1. The number of rotatable bonds is 11. The van der Waals surface area contributed by atoms with Crippen molar-refractivity contribution in [1.82, 2.24) is 10.7 Å². The first-order valence-corrected chi connectivity index (χ1v) is 11.7. The average Bonchev–Trinajstić information content (AvgIpc) is 3.32. The van der Waals surface area contributed by atoms with Crippen molar-refractivity contribution in [1.29, 1.82) is 0 Å². The molecule has 0 unspecified atom stereocenters. The van der Waals surface area contributed by atoms with E-state index >= 15 is 0 Å². The summed E-state index contributed by atoms with van der Waals surface area (Å²) in [5.74, 6) is 1.87. The summed E-state index contributed by atoms with van der Waals surface area (Å²) in [5.41, 5.74) is 4.46. The Balaban J connectivity index is 1.33. The topological polar surface area (TPSA) is 92.9 Å². The van der Waals surface area contributed by atoms with Crippen LogP contribution in [-0.2, 0) is 21.9 Å². The van der Waals surface area contributed by atoms with Crippen LogP contribution in [0.2, 0.25) is 0 Å². The van der Waals surface area contributed by atoms with Crippen molar-refractivity contribution in [3.63, 3.8) is 0 Å². The van der Waals surface area contributed by atoms with Crippen LogP contribution >= 0.6 is 27.7 Å². The highest BCUT2D eigenvalue weighted by Gasteiger charge is 2.05. The molecule has 0 bridgehead atoms. The van der Waals surface area contributed by atoms with Crippen LogP contribution in [0.25, 0.3) is 0 Å². The standard InChI is InChI=1S/C23H22BrN3O4S/c24-21-6-2-1-4-18(21)15-32-16-23(29)27-26-12-17-7-9-19(10-8-17)31-14-22(28)25-13-20-5-3-11-30-20/h1-12H,13-16H2,(H,25,28)(H,27,29)/b26-12-. The van der Waals surface area contributed by atoms with E-state index in [9.17, 15) is 9.59 Å². The molecule has 0 aliphatic rings. The maximum absolute atomic E-state index is 11.9. The summed E-state index contributed by atoms with van der Waals surface area (Å²) >= 11 is 5.01. The Morgan fingerprint density at radius 1 is 1.06 bits per heavy atom. The third-order valence-corrected chi connectivity index (χ3v) is 5.90. The summed E-state index contributed by atoms with van der Waals surface area (Å²) in [7, 11) is 0. The second-order valence-electron chi connectivity index (χ2n) is 6.59. The van der Waals surface area contributed by atoms with E-state index in [0.717, 1.165) is 21.4 Å². The van der Waals surface area contributed by atoms with Gasteiger partial charge in [-0.15, -0.1) is 11.8 Å². The molecule has 2 N–H and O–H groups in total. The molecule has 0 aliphatic carbocycles. The van der Waals surface area contributed by atoms with Crippen LogP contribution in [0.4, 0.5) is 0 Å². The third-order valence-electron chi connectivity index (χ3n) is 4.14. The lowest BCUT2D eigenvalue weighted by Crippen LogP contribution is -2.28. The van der Waals surface area contributed by atoms with Gasteiger partial charge in [-0.2, -0.15) is 5.10 Å². The Labute approximate surface area is 198 Å². The molecule has 0 radical (unpaired) electrons. The lowest BCUT2D eigenvalue weighted by Gasteiger charge is -2.07.